The lowest BCUT2D eigenvalue weighted by Gasteiger charge is -2.05. The average Bonchev–Trinajstić information content (AvgIpc) is 2.49. The molecule has 0 aliphatic carbocycles. The summed E-state index contributed by atoms with van der Waals surface area (Å²) in [5, 5.41) is 11.7. The van der Waals surface area contributed by atoms with Gasteiger partial charge in [-0.3, -0.25) is 4.79 Å². The smallest absolute Gasteiger partial charge is 0.220 e. The Morgan fingerprint density at radius 1 is 1.20 bits per heavy atom. The third kappa shape index (κ3) is 6.94. The number of rotatable bonds is 9. The van der Waals surface area contributed by atoms with Crippen molar-refractivity contribution < 1.29 is 4.79 Å². The van der Waals surface area contributed by atoms with Crippen molar-refractivity contribution in [3.63, 3.8) is 0 Å². The summed E-state index contributed by atoms with van der Waals surface area (Å²) in [4.78, 5) is 11.7. The third-order valence-corrected chi connectivity index (χ3v) is 3.30. The second-order valence-corrected chi connectivity index (χ2v) is 5.11. The average molecular weight is 272 g/mol. The Hall–Kier alpha value is -1.82. The van der Waals surface area contributed by atoms with E-state index in [9.17, 15) is 4.79 Å². The first-order valence-corrected chi connectivity index (χ1v) is 7.52. The van der Waals surface area contributed by atoms with Gasteiger partial charge in [0.25, 0.3) is 0 Å². The van der Waals surface area contributed by atoms with Gasteiger partial charge in [0.15, 0.2) is 0 Å². The summed E-state index contributed by atoms with van der Waals surface area (Å²) in [7, 11) is 0. The van der Waals surface area contributed by atoms with Crippen LogP contribution in [0.25, 0.3) is 0 Å². The zero-order valence-corrected chi connectivity index (χ0v) is 12.3. The molecule has 1 aromatic carbocycles. The van der Waals surface area contributed by atoms with E-state index in [1.807, 2.05) is 18.2 Å². The Morgan fingerprint density at radius 2 is 1.95 bits per heavy atom. The summed E-state index contributed by atoms with van der Waals surface area (Å²) < 4.78 is 0. The molecule has 0 atom stereocenters. The summed E-state index contributed by atoms with van der Waals surface area (Å²) in [5.74, 6) is 0.0999. The van der Waals surface area contributed by atoms with Gasteiger partial charge in [-0.25, -0.2) is 0 Å². The second-order valence-electron chi connectivity index (χ2n) is 5.11. The third-order valence-electron chi connectivity index (χ3n) is 3.30. The lowest BCUT2D eigenvalue weighted by Crippen LogP contribution is -2.22. The number of benzene rings is 1. The van der Waals surface area contributed by atoms with E-state index < -0.39 is 0 Å². The molecule has 1 amide bonds. The van der Waals surface area contributed by atoms with Gasteiger partial charge in [-0.15, -0.1) is 0 Å². The Balaban J connectivity index is 2.15. The first kappa shape index (κ1) is 16.2. The van der Waals surface area contributed by atoms with Gasteiger partial charge in [0, 0.05) is 13.0 Å². The molecule has 0 unspecified atom stereocenters. The summed E-state index contributed by atoms with van der Waals surface area (Å²) in [6.07, 6.45) is 7.75. The van der Waals surface area contributed by atoms with Crippen molar-refractivity contribution in [3.05, 3.63) is 35.4 Å². The SMILES string of the molecule is CCCCCCCCC(=O)NCc1cccc(C#N)c1. The van der Waals surface area contributed by atoms with Crippen LogP contribution in [-0.2, 0) is 11.3 Å². The highest BCUT2D eigenvalue weighted by molar-refractivity contribution is 5.75. The molecule has 0 aliphatic rings. The summed E-state index contributed by atoms with van der Waals surface area (Å²) in [6.45, 7) is 2.71. The van der Waals surface area contributed by atoms with Gasteiger partial charge in [0.1, 0.15) is 0 Å². The molecule has 0 fully saturated rings. The van der Waals surface area contributed by atoms with Crippen molar-refractivity contribution in [2.75, 3.05) is 0 Å². The van der Waals surface area contributed by atoms with Crippen LogP contribution in [0.2, 0.25) is 0 Å². The monoisotopic (exact) mass is 272 g/mol. The topological polar surface area (TPSA) is 52.9 Å². The maximum absolute atomic E-state index is 11.7. The van der Waals surface area contributed by atoms with Crippen molar-refractivity contribution in [1.29, 1.82) is 5.26 Å². The standard InChI is InChI=1S/C17H24N2O/c1-2-3-4-5-6-7-11-17(20)19-14-16-10-8-9-15(12-16)13-18/h8-10,12H,2-7,11,14H2,1H3,(H,19,20). The predicted molar refractivity (Wildman–Crippen MR) is 81.0 cm³/mol. The zero-order valence-electron chi connectivity index (χ0n) is 12.3. The van der Waals surface area contributed by atoms with E-state index in [1.54, 1.807) is 6.07 Å². The number of hydrogen-bond donors (Lipinski definition) is 1. The minimum absolute atomic E-state index is 0.0999. The number of amides is 1. The quantitative estimate of drug-likeness (QED) is 0.693. The number of nitriles is 1. The lowest BCUT2D eigenvalue weighted by molar-refractivity contribution is -0.121. The molecule has 1 aromatic rings. The molecule has 0 heterocycles. The molecule has 108 valence electrons. The van der Waals surface area contributed by atoms with Crippen molar-refractivity contribution >= 4 is 5.91 Å². The maximum Gasteiger partial charge on any atom is 0.220 e. The minimum Gasteiger partial charge on any atom is -0.352 e. The Kier molecular flexibility index (Phi) is 8.14. The van der Waals surface area contributed by atoms with Gasteiger partial charge in [-0.2, -0.15) is 5.26 Å². The number of nitrogens with zero attached hydrogens (tertiary/aromatic N) is 1. The molecule has 0 aliphatic heterocycles. The van der Waals surface area contributed by atoms with Crippen molar-refractivity contribution in [3.8, 4) is 6.07 Å². The van der Waals surface area contributed by atoms with E-state index >= 15 is 0 Å². The zero-order chi connectivity index (χ0) is 14.6. The second kappa shape index (κ2) is 10.0. The molecule has 1 rings (SSSR count). The normalized spacial score (nSPS) is 10.0. The van der Waals surface area contributed by atoms with Crippen LogP contribution >= 0.6 is 0 Å². The van der Waals surface area contributed by atoms with Crippen molar-refractivity contribution in [2.45, 2.75) is 58.4 Å². The van der Waals surface area contributed by atoms with Crippen LogP contribution in [0.3, 0.4) is 0 Å². The highest BCUT2D eigenvalue weighted by Crippen LogP contribution is 2.07. The largest absolute Gasteiger partial charge is 0.352 e. The van der Waals surface area contributed by atoms with Crippen molar-refractivity contribution in [1.82, 2.24) is 5.32 Å². The van der Waals surface area contributed by atoms with Gasteiger partial charge in [-0.1, -0.05) is 51.2 Å². The predicted octanol–water partition coefficient (Wildman–Crippen LogP) is 3.93. The fourth-order valence-electron chi connectivity index (χ4n) is 2.11. The van der Waals surface area contributed by atoms with Crippen LogP contribution in [0.1, 0.15) is 63.0 Å². The highest BCUT2D eigenvalue weighted by atomic mass is 16.1. The number of unbranched alkanes of at least 4 members (excludes halogenated alkanes) is 5. The van der Waals surface area contributed by atoms with E-state index in [0.717, 1.165) is 18.4 Å². The highest BCUT2D eigenvalue weighted by Gasteiger charge is 2.02. The molecule has 3 heteroatoms. The van der Waals surface area contributed by atoms with E-state index in [4.69, 9.17) is 5.26 Å². The minimum atomic E-state index is 0.0999. The van der Waals surface area contributed by atoms with E-state index in [2.05, 4.69) is 18.3 Å². The summed E-state index contributed by atoms with van der Waals surface area (Å²) in [6, 6.07) is 9.44. The summed E-state index contributed by atoms with van der Waals surface area (Å²) >= 11 is 0. The first-order chi connectivity index (χ1) is 9.76. The van der Waals surface area contributed by atoms with Gasteiger partial charge in [0.05, 0.1) is 11.6 Å². The molecule has 0 saturated carbocycles. The van der Waals surface area contributed by atoms with Crippen LogP contribution in [0.15, 0.2) is 24.3 Å². The van der Waals surface area contributed by atoms with Crippen LogP contribution in [-0.4, -0.2) is 5.91 Å². The molecular weight excluding hydrogens is 248 g/mol. The van der Waals surface area contributed by atoms with Gasteiger partial charge < -0.3 is 5.32 Å². The number of nitrogens with one attached hydrogen (secondary N) is 1. The molecule has 1 N–H and O–H groups in total. The maximum atomic E-state index is 11.7. The fraction of sp³-hybridized carbons (Fsp3) is 0.529. The molecule has 20 heavy (non-hydrogen) atoms. The molecular formula is C17H24N2O. The fourth-order valence-corrected chi connectivity index (χ4v) is 2.11. The number of carbonyl (C=O) groups excluding carboxylic acids is 1. The molecule has 0 saturated heterocycles. The molecule has 0 aromatic heterocycles. The number of carbonyl (C=O) groups is 1. The Labute approximate surface area is 122 Å². The van der Waals surface area contributed by atoms with E-state index in [-0.39, 0.29) is 5.91 Å². The lowest BCUT2D eigenvalue weighted by atomic mass is 10.1. The van der Waals surface area contributed by atoms with Crippen molar-refractivity contribution in [2.24, 2.45) is 0 Å². The van der Waals surface area contributed by atoms with Crippen LogP contribution < -0.4 is 5.32 Å². The van der Waals surface area contributed by atoms with Crippen LogP contribution in [0.4, 0.5) is 0 Å². The van der Waals surface area contributed by atoms with Gasteiger partial charge >= 0.3 is 0 Å². The van der Waals surface area contributed by atoms with Crippen LogP contribution in [0.5, 0.6) is 0 Å². The summed E-state index contributed by atoms with van der Waals surface area (Å²) in [5.41, 5.74) is 1.60. The van der Waals surface area contributed by atoms with E-state index in [0.29, 0.717) is 18.5 Å². The molecule has 0 spiro atoms. The molecule has 3 nitrogen and oxygen atoms in total. The molecule has 0 bridgehead atoms. The molecule has 0 radical (unpaired) electrons. The Bertz CT molecular complexity index is 449. The van der Waals surface area contributed by atoms with E-state index in [1.165, 1.54) is 25.7 Å². The first-order valence-electron chi connectivity index (χ1n) is 7.52. The Morgan fingerprint density at radius 3 is 2.70 bits per heavy atom. The van der Waals surface area contributed by atoms with Gasteiger partial charge in [0.2, 0.25) is 5.91 Å². The number of hydrogen-bond acceptors (Lipinski definition) is 2. The van der Waals surface area contributed by atoms with Gasteiger partial charge in [-0.05, 0) is 24.1 Å². The van der Waals surface area contributed by atoms with Crippen LogP contribution in [0, 0.1) is 11.3 Å².